The van der Waals surface area contributed by atoms with E-state index in [0.717, 1.165) is 21.2 Å². The van der Waals surface area contributed by atoms with E-state index in [4.69, 9.17) is 0 Å². The quantitative estimate of drug-likeness (QED) is 0.814. The van der Waals surface area contributed by atoms with Crippen molar-refractivity contribution in [1.82, 2.24) is 9.78 Å². The van der Waals surface area contributed by atoms with Gasteiger partial charge in [0.05, 0.1) is 10.7 Å². The van der Waals surface area contributed by atoms with Gasteiger partial charge < -0.3 is 0 Å². The van der Waals surface area contributed by atoms with Crippen LogP contribution in [0.15, 0.2) is 29.0 Å². The minimum atomic E-state index is 0.0891. The molecular weight excluding hydrogens is 292 g/mol. The van der Waals surface area contributed by atoms with Gasteiger partial charge in [0, 0.05) is 11.8 Å². The van der Waals surface area contributed by atoms with Crippen molar-refractivity contribution in [1.29, 1.82) is 0 Å². The molecule has 4 heteroatoms. The second-order valence-corrected chi connectivity index (χ2v) is 5.45. The number of aryl methyl sites for hydroxylation is 3. The zero-order chi connectivity index (χ0) is 13.3. The van der Waals surface area contributed by atoms with E-state index in [1.54, 1.807) is 17.1 Å². The summed E-state index contributed by atoms with van der Waals surface area (Å²) in [4.78, 5) is 12.2. The lowest BCUT2D eigenvalue weighted by atomic mass is 9.98. The van der Waals surface area contributed by atoms with Crippen LogP contribution in [-0.4, -0.2) is 15.6 Å². The van der Waals surface area contributed by atoms with Crippen molar-refractivity contribution in [2.45, 2.75) is 27.3 Å². The summed E-state index contributed by atoms with van der Waals surface area (Å²) in [6, 6.07) is 4.02. The Kier molecular flexibility index (Phi) is 3.66. The average molecular weight is 307 g/mol. The summed E-state index contributed by atoms with van der Waals surface area (Å²) in [7, 11) is 0. The highest BCUT2D eigenvalue weighted by Gasteiger charge is 2.11. The Morgan fingerprint density at radius 1 is 1.22 bits per heavy atom. The first kappa shape index (κ1) is 13.0. The van der Waals surface area contributed by atoms with Gasteiger partial charge in [0.15, 0.2) is 5.78 Å². The van der Waals surface area contributed by atoms with Crippen molar-refractivity contribution < 1.29 is 4.79 Å². The molecule has 18 heavy (non-hydrogen) atoms. The molecule has 0 atom stereocenters. The highest BCUT2D eigenvalue weighted by atomic mass is 79.9. The molecule has 0 spiro atoms. The minimum Gasteiger partial charge on any atom is -0.292 e. The summed E-state index contributed by atoms with van der Waals surface area (Å²) in [6.07, 6.45) is 3.48. The lowest BCUT2D eigenvalue weighted by Crippen LogP contribution is -2.12. The van der Waals surface area contributed by atoms with E-state index in [9.17, 15) is 4.79 Å². The van der Waals surface area contributed by atoms with Crippen LogP contribution in [0.4, 0.5) is 0 Å². The fraction of sp³-hybridized carbons (Fsp3) is 0.286. The van der Waals surface area contributed by atoms with Gasteiger partial charge in [0.2, 0.25) is 0 Å². The molecule has 0 aliphatic rings. The molecule has 0 fully saturated rings. The molecule has 1 aromatic heterocycles. The second-order valence-electron chi connectivity index (χ2n) is 4.53. The summed E-state index contributed by atoms with van der Waals surface area (Å²) in [5.74, 6) is 0.0891. The number of hydrogen-bond donors (Lipinski definition) is 0. The van der Waals surface area contributed by atoms with Crippen LogP contribution in [0.1, 0.15) is 27.0 Å². The van der Waals surface area contributed by atoms with Crippen LogP contribution in [-0.2, 0) is 6.54 Å². The second kappa shape index (κ2) is 5.06. The number of ketones is 1. The first-order chi connectivity index (χ1) is 8.47. The predicted molar refractivity (Wildman–Crippen MR) is 74.9 cm³/mol. The van der Waals surface area contributed by atoms with Gasteiger partial charge in [-0.2, -0.15) is 5.10 Å². The Morgan fingerprint density at radius 2 is 1.89 bits per heavy atom. The number of hydrogen-bond acceptors (Lipinski definition) is 2. The molecule has 0 saturated heterocycles. The monoisotopic (exact) mass is 306 g/mol. The maximum atomic E-state index is 12.2. The number of halogens is 1. The first-order valence-corrected chi connectivity index (χ1v) is 6.55. The largest absolute Gasteiger partial charge is 0.292 e. The molecule has 3 nitrogen and oxygen atoms in total. The van der Waals surface area contributed by atoms with Gasteiger partial charge in [-0.15, -0.1) is 0 Å². The Labute approximate surface area is 115 Å². The van der Waals surface area contributed by atoms with E-state index in [1.807, 2.05) is 19.9 Å². The standard InChI is InChI=1S/C14H15BrN2O/c1-9-4-11(3)13(5-10(9)2)14(18)8-17-7-12(15)6-16-17/h4-7H,8H2,1-3H3. The van der Waals surface area contributed by atoms with Crippen LogP contribution < -0.4 is 0 Å². The van der Waals surface area contributed by atoms with Crippen molar-refractivity contribution in [3.63, 3.8) is 0 Å². The molecule has 2 rings (SSSR count). The van der Waals surface area contributed by atoms with Crippen molar-refractivity contribution in [2.75, 3.05) is 0 Å². The number of aromatic nitrogens is 2. The van der Waals surface area contributed by atoms with Crippen LogP contribution in [0.3, 0.4) is 0 Å². The highest BCUT2D eigenvalue weighted by Crippen LogP contribution is 2.16. The van der Waals surface area contributed by atoms with Gasteiger partial charge in [-0.25, -0.2) is 0 Å². The fourth-order valence-electron chi connectivity index (χ4n) is 1.92. The zero-order valence-electron chi connectivity index (χ0n) is 10.7. The summed E-state index contributed by atoms with van der Waals surface area (Å²) in [6.45, 7) is 6.32. The van der Waals surface area contributed by atoms with E-state index >= 15 is 0 Å². The highest BCUT2D eigenvalue weighted by molar-refractivity contribution is 9.10. The van der Waals surface area contributed by atoms with Crippen molar-refractivity contribution in [3.05, 3.63) is 51.3 Å². The first-order valence-electron chi connectivity index (χ1n) is 5.76. The molecule has 2 aromatic rings. The number of nitrogens with zero attached hydrogens (tertiary/aromatic N) is 2. The van der Waals surface area contributed by atoms with Crippen LogP contribution in [0.25, 0.3) is 0 Å². The molecule has 0 N–H and O–H groups in total. The van der Waals surface area contributed by atoms with Gasteiger partial charge in [-0.3, -0.25) is 9.48 Å². The Morgan fingerprint density at radius 3 is 2.50 bits per heavy atom. The number of Topliss-reactive ketones (excluding diaryl/α,β-unsaturated/α-hetero) is 1. The van der Waals surface area contributed by atoms with E-state index in [-0.39, 0.29) is 12.3 Å². The van der Waals surface area contributed by atoms with Crippen molar-refractivity contribution >= 4 is 21.7 Å². The van der Waals surface area contributed by atoms with Gasteiger partial charge in [-0.1, -0.05) is 6.07 Å². The third-order valence-electron chi connectivity index (χ3n) is 3.05. The molecule has 94 valence electrons. The van der Waals surface area contributed by atoms with Crippen LogP contribution >= 0.6 is 15.9 Å². The summed E-state index contributed by atoms with van der Waals surface area (Å²) in [5.41, 5.74) is 4.16. The molecular formula is C14H15BrN2O. The Bertz CT molecular complexity index is 602. The minimum absolute atomic E-state index is 0.0891. The summed E-state index contributed by atoms with van der Waals surface area (Å²) < 4.78 is 2.52. The van der Waals surface area contributed by atoms with Crippen LogP contribution in [0.2, 0.25) is 0 Å². The molecule has 0 saturated carbocycles. The van der Waals surface area contributed by atoms with Crippen molar-refractivity contribution in [2.24, 2.45) is 0 Å². The third-order valence-corrected chi connectivity index (χ3v) is 3.46. The summed E-state index contributed by atoms with van der Waals surface area (Å²) >= 11 is 3.32. The van der Waals surface area contributed by atoms with E-state index < -0.39 is 0 Å². The Hall–Kier alpha value is -1.42. The average Bonchev–Trinajstić information content (AvgIpc) is 2.69. The SMILES string of the molecule is Cc1cc(C)c(C(=O)Cn2cc(Br)cn2)cc1C. The van der Waals surface area contributed by atoms with Gasteiger partial charge in [0.1, 0.15) is 6.54 Å². The smallest absolute Gasteiger partial charge is 0.184 e. The van der Waals surface area contributed by atoms with Gasteiger partial charge >= 0.3 is 0 Å². The molecule has 0 bridgehead atoms. The van der Waals surface area contributed by atoms with Crippen LogP contribution in [0.5, 0.6) is 0 Å². The number of benzene rings is 1. The van der Waals surface area contributed by atoms with Crippen LogP contribution in [0, 0.1) is 20.8 Å². The normalized spacial score (nSPS) is 10.7. The molecule has 0 unspecified atom stereocenters. The van der Waals surface area contributed by atoms with E-state index in [0.29, 0.717) is 0 Å². The number of carbonyl (C=O) groups is 1. The topological polar surface area (TPSA) is 34.9 Å². The zero-order valence-corrected chi connectivity index (χ0v) is 12.3. The molecule has 0 aliphatic heterocycles. The van der Waals surface area contributed by atoms with Crippen molar-refractivity contribution in [3.8, 4) is 0 Å². The lowest BCUT2D eigenvalue weighted by Gasteiger charge is -2.09. The van der Waals surface area contributed by atoms with E-state index in [2.05, 4.69) is 34.0 Å². The van der Waals surface area contributed by atoms with Gasteiger partial charge in [-0.05, 0) is 59.5 Å². The number of carbonyl (C=O) groups excluding carboxylic acids is 1. The predicted octanol–water partition coefficient (Wildman–Crippen LogP) is 3.45. The molecule has 0 amide bonds. The molecule has 1 heterocycles. The number of rotatable bonds is 3. The van der Waals surface area contributed by atoms with E-state index in [1.165, 1.54) is 5.56 Å². The lowest BCUT2D eigenvalue weighted by molar-refractivity contribution is 0.0967. The summed E-state index contributed by atoms with van der Waals surface area (Å²) in [5, 5.41) is 4.10. The maximum Gasteiger partial charge on any atom is 0.184 e. The third kappa shape index (κ3) is 2.70. The molecule has 1 aromatic carbocycles. The molecule has 0 radical (unpaired) electrons. The molecule has 0 aliphatic carbocycles. The fourth-order valence-corrected chi connectivity index (χ4v) is 2.25. The Balaban J connectivity index is 2.26. The van der Waals surface area contributed by atoms with Gasteiger partial charge in [0.25, 0.3) is 0 Å². The maximum absolute atomic E-state index is 12.2.